The molecular weight excluding hydrogens is 394 g/mol. The fourth-order valence-electron chi connectivity index (χ4n) is 2.34. The predicted molar refractivity (Wildman–Crippen MR) is 96.2 cm³/mol. The lowest BCUT2D eigenvalue weighted by atomic mass is 10.2. The molecule has 0 saturated heterocycles. The minimum atomic E-state index is -4.84. The number of alkyl halides is 3. The van der Waals surface area contributed by atoms with Gasteiger partial charge in [0.1, 0.15) is 11.6 Å². The molecule has 2 N–H and O–H groups in total. The molecule has 0 aliphatic carbocycles. The second-order valence-corrected chi connectivity index (χ2v) is 6.07. The van der Waals surface area contributed by atoms with Gasteiger partial charge in [0.05, 0.1) is 6.54 Å². The molecule has 0 unspecified atom stereocenters. The van der Waals surface area contributed by atoms with Crippen LogP contribution in [0.3, 0.4) is 0 Å². The van der Waals surface area contributed by atoms with Crippen LogP contribution in [0.1, 0.15) is 11.1 Å². The number of ether oxygens (including phenoxy) is 1. The highest BCUT2D eigenvalue weighted by molar-refractivity contribution is 5.83. The van der Waals surface area contributed by atoms with Crippen molar-refractivity contribution in [3.8, 4) is 5.75 Å². The maximum Gasteiger partial charge on any atom is 0.573 e. The molecule has 29 heavy (non-hydrogen) atoms. The van der Waals surface area contributed by atoms with Crippen molar-refractivity contribution in [1.82, 2.24) is 15.5 Å². The van der Waals surface area contributed by atoms with E-state index in [1.54, 1.807) is 0 Å². The van der Waals surface area contributed by atoms with E-state index < -0.39 is 29.9 Å². The van der Waals surface area contributed by atoms with Gasteiger partial charge in [-0.2, -0.15) is 0 Å². The molecule has 0 radical (unpaired) electrons. The quantitative estimate of drug-likeness (QED) is 0.685. The van der Waals surface area contributed by atoms with Crippen LogP contribution in [0.15, 0.2) is 48.5 Å². The Kier molecular flexibility index (Phi) is 7.40. The van der Waals surface area contributed by atoms with Gasteiger partial charge in [0, 0.05) is 25.7 Å². The molecule has 0 fully saturated rings. The molecule has 0 aromatic heterocycles. The molecule has 0 saturated carbocycles. The van der Waals surface area contributed by atoms with Crippen LogP contribution in [0, 0.1) is 5.82 Å². The summed E-state index contributed by atoms with van der Waals surface area (Å²) in [6.45, 7) is -0.351. The third-order valence-corrected chi connectivity index (χ3v) is 3.80. The lowest BCUT2D eigenvalue weighted by molar-refractivity contribution is -0.275. The number of hydrogen-bond donors (Lipinski definition) is 2. The summed E-state index contributed by atoms with van der Waals surface area (Å²) in [7, 11) is 1.39. The van der Waals surface area contributed by atoms with E-state index in [-0.39, 0.29) is 25.2 Å². The molecule has 0 heterocycles. The fourth-order valence-corrected chi connectivity index (χ4v) is 2.34. The van der Waals surface area contributed by atoms with Gasteiger partial charge in [-0.15, -0.1) is 13.2 Å². The van der Waals surface area contributed by atoms with Gasteiger partial charge in [-0.25, -0.2) is 9.18 Å². The number of carbonyl (C=O) groups is 2. The molecular formula is C19H19F4N3O3. The van der Waals surface area contributed by atoms with Gasteiger partial charge >= 0.3 is 12.4 Å². The Bertz CT molecular complexity index is 841. The zero-order chi connectivity index (χ0) is 21.4. The molecule has 2 rings (SSSR count). The highest BCUT2D eigenvalue weighted by atomic mass is 19.4. The molecule has 0 bridgehead atoms. The average molecular weight is 413 g/mol. The summed E-state index contributed by atoms with van der Waals surface area (Å²) < 4.78 is 54.2. The third-order valence-electron chi connectivity index (χ3n) is 3.80. The minimum absolute atomic E-state index is 0.135. The third kappa shape index (κ3) is 7.68. The summed E-state index contributed by atoms with van der Waals surface area (Å²) in [5, 5.41) is 4.87. The summed E-state index contributed by atoms with van der Waals surface area (Å²) in [5.74, 6) is -1.30. The molecule has 0 aliphatic rings. The van der Waals surface area contributed by atoms with Gasteiger partial charge in [-0.1, -0.05) is 30.3 Å². The summed E-state index contributed by atoms with van der Waals surface area (Å²) in [6.07, 6.45) is -4.84. The standard InChI is InChI=1S/C19H19F4N3O3/c1-26(12-14-4-2-3-5-16(14)29-19(21,22)23)17(27)11-25-18(28)24-10-13-6-8-15(20)9-7-13/h2-9H,10-12H2,1H3,(H2,24,25,28). The molecule has 0 spiro atoms. The van der Waals surface area contributed by atoms with E-state index in [1.807, 2.05) is 0 Å². The van der Waals surface area contributed by atoms with Crippen molar-refractivity contribution >= 4 is 11.9 Å². The van der Waals surface area contributed by atoms with E-state index in [1.165, 1.54) is 54.4 Å². The lowest BCUT2D eigenvalue weighted by Crippen LogP contribution is -2.42. The van der Waals surface area contributed by atoms with Crippen molar-refractivity contribution < 1.29 is 31.9 Å². The van der Waals surface area contributed by atoms with Gasteiger partial charge in [0.15, 0.2) is 0 Å². The molecule has 2 aromatic rings. The smallest absolute Gasteiger partial charge is 0.405 e. The number of rotatable bonds is 7. The van der Waals surface area contributed by atoms with E-state index in [0.29, 0.717) is 5.56 Å². The first-order valence-electron chi connectivity index (χ1n) is 8.48. The molecule has 10 heteroatoms. The first-order valence-corrected chi connectivity index (χ1v) is 8.48. The Hall–Kier alpha value is -3.30. The van der Waals surface area contributed by atoms with E-state index in [0.717, 1.165) is 6.07 Å². The zero-order valence-corrected chi connectivity index (χ0v) is 15.4. The second-order valence-electron chi connectivity index (χ2n) is 6.07. The summed E-state index contributed by atoms with van der Waals surface area (Å²) in [6, 6.07) is 10.4. The number of halogens is 4. The number of amides is 3. The number of benzene rings is 2. The van der Waals surface area contributed by atoms with Crippen LogP contribution in [-0.2, 0) is 17.9 Å². The van der Waals surface area contributed by atoms with Gasteiger partial charge in [-0.3, -0.25) is 4.79 Å². The van der Waals surface area contributed by atoms with Crippen LogP contribution in [0.4, 0.5) is 22.4 Å². The number of para-hydroxylation sites is 1. The van der Waals surface area contributed by atoms with Crippen molar-refractivity contribution in [3.05, 3.63) is 65.5 Å². The SMILES string of the molecule is CN(Cc1ccccc1OC(F)(F)F)C(=O)CNC(=O)NCc1ccc(F)cc1. The summed E-state index contributed by atoms with van der Waals surface area (Å²) in [4.78, 5) is 25.1. The van der Waals surface area contributed by atoms with Crippen LogP contribution >= 0.6 is 0 Å². The number of likely N-dealkylation sites (N-methyl/N-ethyl adjacent to an activating group) is 1. The Morgan fingerprint density at radius 3 is 2.34 bits per heavy atom. The fraction of sp³-hybridized carbons (Fsp3) is 0.263. The lowest BCUT2D eigenvalue weighted by Gasteiger charge is -2.20. The van der Waals surface area contributed by atoms with Gasteiger partial charge in [0.2, 0.25) is 5.91 Å². The van der Waals surface area contributed by atoms with Crippen molar-refractivity contribution in [1.29, 1.82) is 0 Å². The van der Waals surface area contributed by atoms with Crippen LogP contribution in [0.5, 0.6) is 5.75 Å². The van der Waals surface area contributed by atoms with Crippen LogP contribution < -0.4 is 15.4 Å². The van der Waals surface area contributed by atoms with E-state index in [4.69, 9.17) is 0 Å². The zero-order valence-electron chi connectivity index (χ0n) is 15.4. The van der Waals surface area contributed by atoms with E-state index in [2.05, 4.69) is 15.4 Å². The van der Waals surface area contributed by atoms with Crippen LogP contribution in [0.25, 0.3) is 0 Å². The molecule has 3 amide bonds. The number of carbonyl (C=O) groups excluding carboxylic acids is 2. The summed E-state index contributed by atoms with van der Waals surface area (Å²) >= 11 is 0. The van der Waals surface area contributed by atoms with Crippen molar-refractivity contribution in [2.75, 3.05) is 13.6 Å². The Balaban J connectivity index is 1.82. The van der Waals surface area contributed by atoms with E-state index >= 15 is 0 Å². The van der Waals surface area contributed by atoms with Crippen LogP contribution in [-0.4, -0.2) is 36.8 Å². The normalized spacial score (nSPS) is 10.9. The average Bonchev–Trinajstić information content (AvgIpc) is 2.66. The molecule has 6 nitrogen and oxygen atoms in total. The van der Waals surface area contributed by atoms with E-state index in [9.17, 15) is 27.2 Å². The molecule has 156 valence electrons. The van der Waals surface area contributed by atoms with Gasteiger partial charge < -0.3 is 20.3 Å². The maximum atomic E-state index is 12.8. The van der Waals surface area contributed by atoms with Gasteiger partial charge in [-0.05, 0) is 23.8 Å². The van der Waals surface area contributed by atoms with Crippen LogP contribution in [0.2, 0.25) is 0 Å². The first kappa shape index (κ1) is 22.0. The Morgan fingerprint density at radius 1 is 1.03 bits per heavy atom. The highest BCUT2D eigenvalue weighted by Crippen LogP contribution is 2.26. The topological polar surface area (TPSA) is 70.7 Å². The highest BCUT2D eigenvalue weighted by Gasteiger charge is 2.32. The molecule has 0 atom stereocenters. The second kappa shape index (κ2) is 9.76. The maximum absolute atomic E-state index is 12.8. The number of urea groups is 1. The van der Waals surface area contributed by atoms with Crippen molar-refractivity contribution in [2.24, 2.45) is 0 Å². The molecule has 2 aromatic carbocycles. The van der Waals surface area contributed by atoms with Crippen molar-refractivity contribution in [3.63, 3.8) is 0 Å². The van der Waals surface area contributed by atoms with Crippen molar-refractivity contribution in [2.45, 2.75) is 19.5 Å². The largest absolute Gasteiger partial charge is 0.573 e. The monoisotopic (exact) mass is 413 g/mol. The predicted octanol–water partition coefficient (Wildman–Crippen LogP) is 3.18. The van der Waals surface area contributed by atoms with Gasteiger partial charge in [0.25, 0.3) is 0 Å². The molecule has 0 aliphatic heterocycles. The number of nitrogens with zero attached hydrogens (tertiary/aromatic N) is 1. The Morgan fingerprint density at radius 2 is 1.69 bits per heavy atom. The Labute approximate surface area is 164 Å². The minimum Gasteiger partial charge on any atom is -0.405 e. The summed E-state index contributed by atoms with van der Waals surface area (Å²) in [5.41, 5.74) is 0.840. The number of hydrogen-bond acceptors (Lipinski definition) is 3. The first-order chi connectivity index (χ1) is 13.6. The number of nitrogens with one attached hydrogen (secondary N) is 2.